The summed E-state index contributed by atoms with van der Waals surface area (Å²) in [6, 6.07) is 0. The van der Waals surface area contributed by atoms with E-state index in [1.54, 1.807) is 0 Å². The Morgan fingerprint density at radius 3 is 2.21 bits per heavy atom. The van der Waals surface area contributed by atoms with E-state index in [9.17, 15) is 19.8 Å². The topological polar surface area (TPSA) is 74.6 Å². The van der Waals surface area contributed by atoms with Gasteiger partial charge in [-0.05, 0) is 110 Å². The van der Waals surface area contributed by atoms with Crippen LogP contribution in [0.5, 0.6) is 0 Å². The van der Waals surface area contributed by atoms with Crippen LogP contribution in [0.1, 0.15) is 106 Å². The van der Waals surface area contributed by atoms with E-state index in [-0.39, 0.29) is 50.8 Å². The van der Waals surface area contributed by atoms with E-state index in [1.165, 1.54) is 5.57 Å². The molecule has 2 N–H and O–H groups in total. The first kappa shape index (κ1) is 24.5. The van der Waals surface area contributed by atoms with Crippen molar-refractivity contribution < 1.29 is 19.8 Å². The van der Waals surface area contributed by atoms with E-state index >= 15 is 0 Å². The molecule has 4 saturated carbocycles. The molecule has 0 aromatic heterocycles. The van der Waals surface area contributed by atoms with Crippen LogP contribution in [0.25, 0.3) is 0 Å². The van der Waals surface area contributed by atoms with Crippen molar-refractivity contribution in [1.82, 2.24) is 0 Å². The number of ketones is 1. The Morgan fingerprint density at radius 1 is 0.912 bits per heavy atom. The van der Waals surface area contributed by atoms with Crippen LogP contribution in [0.4, 0.5) is 0 Å². The fourth-order valence-electron chi connectivity index (χ4n) is 10.4. The predicted molar refractivity (Wildman–Crippen MR) is 133 cm³/mol. The second kappa shape index (κ2) is 6.99. The molecule has 4 heteroatoms. The maximum atomic E-state index is 14.2. The second-order valence-corrected chi connectivity index (χ2v) is 14.9. The third-order valence-electron chi connectivity index (χ3n) is 13.1. The number of carbonyl (C=O) groups is 2. The summed E-state index contributed by atoms with van der Waals surface area (Å²) < 4.78 is 0. The van der Waals surface area contributed by atoms with Gasteiger partial charge in [-0.2, -0.15) is 0 Å². The number of fused-ring (bicyclic) bond motifs is 7. The number of carbonyl (C=O) groups excluding carboxylic acids is 1. The zero-order valence-electron chi connectivity index (χ0n) is 22.5. The molecule has 5 aliphatic rings. The number of hydrogen-bond acceptors (Lipinski definition) is 3. The van der Waals surface area contributed by atoms with Crippen molar-refractivity contribution in [2.45, 2.75) is 112 Å². The predicted octanol–water partition coefficient (Wildman–Crippen LogP) is 6.41. The van der Waals surface area contributed by atoms with Crippen LogP contribution >= 0.6 is 0 Å². The Kier molecular flexibility index (Phi) is 5.04. The van der Waals surface area contributed by atoms with Crippen molar-refractivity contribution in [2.24, 2.45) is 50.2 Å². The van der Waals surface area contributed by atoms with Crippen molar-refractivity contribution >= 4 is 11.8 Å². The third kappa shape index (κ3) is 2.81. The summed E-state index contributed by atoms with van der Waals surface area (Å²) in [5.41, 5.74) is 0.142. The fraction of sp³-hybridized carbons (Fsp3) is 0.867. The first-order chi connectivity index (χ1) is 15.6. The minimum absolute atomic E-state index is 0.0296. The Balaban J connectivity index is 1.62. The summed E-state index contributed by atoms with van der Waals surface area (Å²) in [7, 11) is 0. The minimum atomic E-state index is -0.711. The first-order valence-corrected chi connectivity index (χ1v) is 13.7. The second-order valence-electron chi connectivity index (χ2n) is 14.9. The molecule has 2 unspecified atom stereocenters. The van der Waals surface area contributed by atoms with Crippen LogP contribution in [0, 0.1) is 50.2 Å². The molecule has 9 atom stereocenters. The van der Waals surface area contributed by atoms with Gasteiger partial charge in [-0.25, -0.2) is 0 Å². The Hall–Kier alpha value is -1.16. The van der Waals surface area contributed by atoms with Crippen molar-refractivity contribution in [2.75, 3.05) is 0 Å². The van der Waals surface area contributed by atoms with Gasteiger partial charge in [0.05, 0.1) is 11.5 Å². The van der Waals surface area contributed by atoms with E-state index in [0.29, 0.717) is 12.3 Å². The molecule has 34 heavy (non-hydrogen) atoms. The summed E-state index contributed by atoms with van der Waals surface area (Å²) in [6.45, 7) is 15.8. The molecule has 5 aliphatic carbocycles. The van der Waals surface area contributed by atoms with Gasteiger partial charge < -0.3 is 10.2 Å². The molecule has 0 heterocycles. The molecule has 0 saturated heterocycles. The number of carboxylic acids is 1. The van der Waals surface area contributed by atoms with Gasteiger partial charge in [-0.3, -0.25) is 9.59 Å². The van der Waals surface area contributed by atoms with Crippen molar-refractivity contribution in [1.29, 1.82) is 0 Å². The minimum Gasteiger partial charge on any atom is -0.481 e. The average Bonchev–Trinajstić information content (AvgIpc) is 2.73. The molecule has 4 fully saturated rings. The van der Waals surface area contributed by atoms with Gasteiger partial charge in [0.2, 0.25) is 0 Å². The summed E-state index contributed by atoms with van der Waals surface area (Å²) in [5, 5.41) is 20.9. The van der Waals surface area contributed by atoms with Gasteiger partial charge in [0.1, 0.15) is 0 Å². The van der Waals surface area contributed by atoms with Crippen molar-refractivity contribution in [3.05, 3.63) is 11.6 Å². The zero-order chi connectivity index (χ0) is 25.1. The van der Waals surface area contributed by atoms with E-state index < -0.39 is 11.4 Å². The van der Waals surface area contributed by atoms with Gasteiger partial charge in [0, 0.05) is 5.92 Å². The standard InChI is InChI=1S/C30H46O4/c1-25(2)21-8-11-30(7)23(28(21,5)10-9-22(25)32)20(31)16-18-19-17-27(4,24(33)34)13-12-26(19,3)14-15-29(18,30)6/h16,19,21-23,32H,8-15,17H2,1-7H3,(H,33,34)/t19-,21?,22-,23?,26+,27-,28-,29+,30+/m1/s1. The number of allylic oxidation sites excluding steroid dienone is 2. The smallest absolute Gasteiger partial charge is 0.309 e. The summed E-state index contributed by atoms with van der Waals surface area (Å²) in [4.78, 5) is 26.4. The summed E-state index contributed by atoms with van der Waals surface area (Å²) >= 11 is 0. The zero-order valence-corrected chi connectivity index (χ0v) is 22.5. The van der Waals surface area contributed by atoms with Crippen LogP contribution < -0.4 is 0 Å². The quantitative estimate of drug-likeness (QED) is 0.464. The molecule has 0 spiro atoms. The van der Waals surface area contributed by atoms with Gasteiger partial charge in [-0.1, -0.05) is 47.1 Å². The van der Waals surface area contributed by atoms with Crippen LogP contribution in [0.2, 0.25) is 0 Å². The lowest BCUT2D eigenvalue weighted by molar-refractivity contribution is -0.202. The normalized spacial score (nSPS) is 54.1. The molecule has 0 aromatic carbocycles. The van der Waals surface area contributed by atoms with E-state index in [4.69, 9.17) is 0 Å². The molecule has 190 valence electrons. The molecular weight excluding hydrogens is 424 g/mol. The number of carboxylic acid groups (broad SMARTS) is 1. The maximum Gasteiger partial charge on any atom is 0.309 e. The highest BCUT2D eigenvalue weighted by Gasteiger charge is 2.70. The number of aliphatic carboxylic acids is 1. The van der Waals surface area contributed by atoms with Gasteiger partial charge >= 0.3 is 5.97 Å². The summed E-state index contributed by atoms with van der Waals surface area (Å²) in [5.74, 6) is 0.0603. The number of rotatable bonds is 1. The van der Waals surface area contributed by atoms with Crippen LogP contribution in [-0.2, 0) is 9.59 Å². The highest BCUT2D eigenvalue weighted by molar-refractivity contribution is 5.95. The average molecular weight is 471 g/mol. The lowest BCUT2D eigenvalue weighted by Crippen LogP contribution is -2.66. The van der Waals surface area contributed by atoms with E-state index in [1.807, 2.05) is 13.0 Å². The van der Waals surface area contributed by atoms with Crippen molar-refractivity contribution in [3.8, 4) is 0 Å². The van der Waals surface area contributed by atoms with Crippen LogP contribution in [-0.4, -0.2) is 28.1 Å². The highest BCUT2D eigenvalue weighted by atomic mass is 16.4. The fourth-order valence-corrected chi connectivity index (χ4v) is 10.4. The molecule has 0 bridgehead atoms. The number of aliphatic hydroxyl groups excluding tert-OH is 1. The maximum absolute atomic E-state index is 14.2. The largest absolute Gasteiger partial charge is 0.481 e. The van der Waals surface area contributed by atoms with Gasteiger partial charge in [0.25, 0.3) is 0 Å². The Morgan fingerprint density at radius 2 is 1.56 bits per heavy atom. The first-order valence-electron chi connectivity index (χ1n) is 13.7. The molecule has 5 rings (SSSR count). The van der Waals surface area contributed by atoms with Gasteiger partial charge in [-0.15, -0.1) is 0 Å². The van der Waals surface area contributed by atoms with Crippen LogP contribution in [0.3, 0.4) is 0 Å². The van der Waals surface area contributed by atoms with Crippen molar-refractivity contribution in [3.63, 3.8) is 0 Å². The highest BCUT2D eigenvalue weighted by Crippen LogP contribution is 2.75. The van der Waals surface area contributed by atoms with Crippen LogP contribution in [0.15, 0.2) is 11.6 Å². The number of aliphatic hydroxyl groups is 1. The third-order valence-corrected chi connectivity index (χ3v) is 13.1. The van der Waals surface area contributed by atoms with E-state index in [0.717, 1.165) is 51.4 Å². The molecule has 0 aliphatic heterocycles. The Labute approximate surface area is 206 Å². The Bertz CT molecular complexity index is 965. The molecule has 0 radical (unpaired) electrons. The van der Waals surface area contributed by atoms with Gasteiger partial charge in [0.15, 0.2) is 5.78 Å². The monoisotopic (exact) mass is 470 g/mol. The lowest BCUT2D eigenvalue weighted by Gasteiger charge is -2.70. The lowest BCUT2D eigenvalue weighted by atomic mass is 9.33. The molecule has 0 amide bonds. The molecular formula is C30H46O4. The van der Waals surface area contributed by atoms with E-state index in [2.05, 4.69) is 41.5 Å². The SMILES string of the molecule is CC1(C)C2CC[C@@]3(C)C(C(=O)C=C4[C@H]5C[C@](C)(C(=O)O)CC[C@@]5(C)CC[C@@]43C)[C@]2(C)CC[C@H]1O. The molecule has 4 nitrogen and oxygen atoms in total. The molecule has 0 aromatic rings. The number of hydrogen-bond donors (Lipinski definition) is 2. The summed E-state index contributed by atoms with van der Waals surface area (Å²) in [6.07, 6.45) is 9.95.